The van der Waals surface area contributed by atoms with Crippen LogP contribution in [0.3, 0.4) is 0 Å². The van der Waals surface area contributed by atoms with Crippen LogP contribution < -0.4 is 0 Å². The Bertz CT molecular complexity index is 201. The van der Waals surface area contributed by atoms with E-state index in [1.54, 1.807) is 0 Å². The summed E-state index contributed by atoms with van der Waals surface area (Å²) in [6.07, 6.45) is 6.42. The van der Waals surface area contributed by atoms with E-state index in [0.717, 1.165) is 25.7 Å². The zero-order valence-electron chi connectivity index (χ0n) is 11.2. The van der Waals surface area contributed by atoms with Crippen LogP contribution >= 0.6 is 0 Å². The monoisotopic (exact) mass is 230 g/mol. The van der Waals surface area contributed by atoms with Gasteiger partial charge in [0.15, 0.2) is 0 Å². The maximum absolute atomic E-state index is 9.00. The normalized spacial score (nSPS) is 11.4. The largest absolute Gasteiger partial charge is 0.481 e. The average molecular weight is 230 g/mol. The Labute approximate surface area is 99.2 Å². The highest BCUT2D eigenvalue weighted by atomic mass is 16.4. The molecule has 0 saturated heterocycles. The lowest BCUT2D eigenvalue weighted by atomic mass is 9.89. The molecule has 0 heterocycles. The van der Waals surface area contributed by atoms with Crippen molar-refractivity contribution >= 4 is 5.97 Å². The van der Waals surface area contributed by atoms with E-state index in [1.165, 1.54) is 0 Å². The van der Waals surface area contributed by atoms with Gasteiger partial charge in [0.05, 0.1) is 0 Å². The summed E-state index contributed by atoms with van der Waals surface area (Å²) in [5.41, 5.74) is 0.156. The van der Waals surface area contributed by atoms with Crippen LogP contribution in [0.15, 0.2) is 12.2 Å². The van der Waals surface area contributed by atoms with Crippen molar-refractivity contribution in [2.24, 2.45) is 11.3 Å². The highest BCUT2D eigenvalue weighted by Gasteiger charge is 2.11. The summed E-state index contributed by atoms with van der Waals surface area (Å²) in [6.45, 7) is 10.1. The van der Waals surface area contributed by atoms with Crippen molar-refractivity contribution in [3.8, 4) is 0 Å². The lowest BCUT2D eigenvalue weighted by Crippen LogP contribution is -2.09. The van der Waals surface area contributed by atoms with Gasteiger partial charge in [-0.05, 0) is 24.2 Å². The molecule has 0 aliphatic carbocycles. The molecule has 0 radical (unpaired) electrons. The first kappa shape index (κ1) is 17.6. The lowest BCUT2D eigenvalue weighted by Gasteiger charge is -2.18. The van der Waals surface area contributed by atoms with E-state index in [9.17, 15) is 0 Å². The molecule has 0 amide bonds. The number of hydrogen-bond acceptors (Lipinski definition) is 2. The molecule has 96 valence electrons. The minimum atomic E-state index is -0.833. The van der Waals surface area contributed by atoms with Crippen molar-refractivity contribution < 1.29 is 15.0 Å². The molecule has 0 rings (SSSR count). The summed E-state index contributed by atoms with van der Waals surface area (Å²) in [7, 11) is 0. The zero-order valence-corrected chi connectivity index (χ0v) is 11.2. The molecule has 0 atom stereocenters. The van der Waals surface area contributed by atoms with Crippen LogP contribution in [0.25, 0.3) is 0 Å². The van der Waals surface area contributed by atoms with E-state index >= 15 is 0 Å². The van der Waals surface area contributed by atoms with E-state index in [2.05, 4.69) is 39.8 Å². The van der Waals surface area contributed by atoms with Crippen molar-refractivity contribution in [1.82, 2.24) is 0 Å². The van der Waals surface area contributed by atoms with Crippen LogP contribution in [-0.2, 0) is 4.79 Å². The number of aliphatic hydroxyl groups excluding tert-OH is 1. The number of aliphatic carboxylic acids is 1. The molecule has 0 aliphatic heterocycles. The molecule has 0 aromatic heterocycles. The maximum Gasteiger partial charge on any atom is 0.300 e. The Kier molecular flexibility index (Phi) is 10.3. The topological polar surface area (TPSA) is 57.5 Å². The first-order chi connectivity index (χ1) is 7.21. The van der Waals surface area contributed by atoms with Crippen molar-refractivity contribution in [2.45, 2.75) is 47.5 Å². The summed E-state index contributed by atoms with van der Waals surface area (Å²) >= 11 is 0. The van der Waals surface area contributed by atoms with E-state index in [-0.39, 0.29) is 12.0 Å². The predicted molar refractivity (Wildman–Crippen MR) is 67.4 cm³/mol. The van der Waals surface area contributed by atoms with Gasteiger partial charge in [-0.15, -0.1) is 0 Å². The third kappa shape index (κ3) is 18.9. The van der Waals surface area contributed by atoms with Gasteiger partial charge in [-0.3, -0.25) is 4.79 Å². The summed E-state index contributed by atoms with van der Waals surface area (Å²) in [5.74, 6) is -0.105. The van der Waals surface area contributed by atoms with Crippen molar-refractivity contribution in [3.05, 3.63) is 12.2 Å². The highest BCUT2D eigenvalue weighted by Crippen LogP contribution is 2.21. The second kappa shape index (κ2) is 9.40. The predicted octanol–water partition coefficient (Wildman–Crippen LogP) is 3.09. The van der Waals surface area contributed by atoms with Gasteiger partial charge in [-0.2, -0.15) is 0 Å². The Hall–Kier alpha value is -0.830. The van der Waals surface area contributed by atoms with Gasteiger partial charge in [0.2, 0.25) is 0 Å². The molecule has 0 bridgehead atoms. The van der Waals surface area contributed by atoms with Crippen LogP contribution in [0, 0.1) is 11.3 Å². The maximum atomic E-state index is 9.00. The number of rotatable bonds is 5. The summed E-state index contributed by atoms with van der Waals surface area (Å²) < 4.78 is 0. The standard InChI is InChI=1S/C11H22O.C2H4O2/c1-10(2)6-5-7-11(3,4)8-9-12;1-2(3)4/h5,7,10,12H,6,8-9H2,1-4H3;1H3,(H,3,4). The molecule has 0 saturated carbocycles. The van der Waals surface area contributed by atoms with Gasteiger partial charge in [0.1, 0.15) is 0 Å². The molecule has 0 aromatic rings. The average Bonchev–Trinajstić information content (AvgIpc) is 2.00. The van der Waals surface area contributed by atoms with Crippen molar-refractivity contribution in [1.29, 1.82) is 0 Å². The summed E-state index contributed by atoms with van der Waals surface area (Å²) in [5, 5.41) is 16.2. The molecule has 16 heavy (non-hydrogen) atoms. The van der Waals surface area contributed by atoms with E-state index in [0.29, 0.717) is 0 Å². The fraction of sp³-hybridized carbons (Fsp3) is 0.769. The van der Waals surface area contributed by atoms with Gasteiger partial charge in [-0.25, -0.2) is 0 Å². The van der Waals surface area contributed by atoms with Crippen molar-refractivity contribution in [2.75, 3.05) is 6.61 Å². The lowest BCUT2D eigenvalue weighted by molar-refractivity contribution is -0.134. The Morgan fingerprint density at radius 3 is 2.12 bits per heavy atom. The molecule has 3 nitrogen and oxygen atoms in total. The van der Waals surface area contributed by atoms with Gasteiger partial charge in [0.25, 0.3) is 5.97 Å². The molecule has 0 fully saturated rings. The van der Waals surface area contributed by atoms with Crippen LogP contribution in [0.2, 0.25) is 0 Å². The van der Waals surface area contributed by atoms with Gasteiger partial charge < -0.3 is 10.2 Å². The molecular weight excluding hydrogens is 204 g/mol. The molecule has 0 aliphatic rings. The number of carbonyl (C=O) groups is 1. The zero-order chi connectivity index (χ0) is 13.2. The molecule has 0 spiro atoms. The quantitative estimate of drug-likeness (QED) is 0.713. The second-order valence-corrected chi connectivity index (χ2v) is 5.01. The first-order valence-corrected chi connectivity index (χ1v) is 5.69. The van der Waals surface area contributed by atoms with Gasteiger partial charge in [-0.1, -0.05) is 39.8 Å². The molecule has 0 aromatic carbocycles. The minimum absolute atomic E-state index is 0.156. The van der Waals surface area contributed by atoms with E-state index in [1.807, 2.05) is 0 Å². The molecule has 2 N–H and O–H groups in total. The van der Waals surface area contributed by atoms with Crippen LogP contribution in [0.1, 0.15) is 47.5 Å². The summed E-state index contributed by atoms with van der Waals surface area (Å²) in [4.78, 5) is 9.00. The Morgan fingerprint density at radius 1 is 1.38 bits per heavy atom. The van der Waals surface area contributed by atoms with E-state index in [4.69, 9.17) is 15.0 Å². The Morgan fingerprint density at radius 2 is 1.81 bits per heavy atom. The third-order valence-corrected chi connectivity index (χ3v) is 1.93. The van der Waals surface area contributed by atoms with Gasteiger partial charge in [0, 0.05) is 13.5 Å². The highest BCUT2D eigenvalue weighted by molar-refractivity contribution is 5.62. The Balaban J connectivity index is 0. The van der Waals surface area contributed by atoms with E-state index < -0.39 is 5.97 Å². The molecular formula is C13H26O3. The van der Waals surface area contributed by atoms with Crippen LogP contribution in [0.4, 0.5) is 0 Å². The second-order valence-electron chi connectivity index (χ2n) is 5.01. The number of carboxylic acid groups (broad SMARTS) is 1. The van der Waals surface area contributed by atoms with Crippen molar-refractivity contribution in [3.63, 3.8) is 0 Å². The van der Waals surface area contributed by atoms with Gasteiger partial charge >= 0.3 is 0 Å². The van der Waals surface area contributed by atoms with Crippen LogP contribution in [-0.4, -0.2) is 22.8 Å². The number of hydrogen-bond donors (Lipinski definition) is 2. The smallest absolute Gasteiger partial charge is 0.300 e. The number of aliphatic hydroxyl groups is 1. The minimum Gasteiger partial charge on any atom is -0.481 e. The summed E-state index contributed by atoms with van der Waals surface area (Å²) in [6, 6.07) is 0. The number of allylic oxidation sites excluding steroid dienone is 2. The molecule has 0 unspecified atom stereocenters. The first-order valence-electron chi connectivity index (χ1n) is 5.69. The fourth-order valence-electron chi connectivity index (χ4n) is 1.03. The SMILES string of the molecule is CC(=O)O.CC(C)CC=CC(C)(C)CCO. The number of carboxylic acids is 1. The fourth-order valence-corrected chi connectivity index (χ4v) is 1.03. The molecule has 3 heteroatoms. The third-order valence-electron chi connectivity index (χ3n) is 1.93. The van der Waals surface area contributed by atoms with Crippen LogP contribution in [0.5, 0.6) is 0 Å².